The van der Waals surface area contributed by atoms with Gasteiger partial charge in [-0.15, -0.1) is 0 Å². The molecule has 0 aromatic heterocycles. The zero-order valence-corrected chi connectivity index (χ0v) is 4.63. The SMILES string of the molecule is ClC1(Cl)C=CC1. The zero-order valence-electron chi connectivity index (χ0n) is 3.12. The number of rotatable bonds is 0. The van der Waals surface area contributed by atoms with Crippen LogP contribution in [-0.4, -0.2) is 4.33 Å². The highest BCUT2D eigenvalue weighted by atomic mass is 35.5. The maximum absolute atomic E-state index is 5.48. The van der Waals surface area contributed by atoms with Gasteiger partial charge in [0.15, 0.2) is 0 Å². The summed E-state index contributed by atoms with van der Waals surface area (Å²) >= 11 is 11.0. The Morgan fingerprint density at radius 3 is 1.83 bits per heavy atom. The maximum atomic E-state index is 5.48. The molecule has 6 heavy (non-hydrogen) atoms. The first kappa shape index (κ1) is 4.48. The molecule has 0 nitrogen and oxygen atoms in total. The van der Waals surface area contributed by atoms with Gasteiger partial charge in [0.25, 0.3) is 0 Å². The van der Waals surface area contributed by atoms with E-state index in [0.717, 1.165) is 6.42 Å². The van der Waals surface area contributed by atoms with Crippen molar-refractivity contribution in [1.82, 2.24) is 0 Å². The Morgan fingerprint density at radius 1 is 1.50 bits per heavy atom. The molecule has 0 unspecified atom stereocenters. The number of halogens is 2. The van der Waals surface area contributed by atoms with Crippen molar-refractivity contribution < 1.29 is 0 Å². The van der Waals surface area contributed by atoms with Gasteiger partial charge in [-0.3, -0.25) is 0 Å². The van der Waals surface area contributed by atoms with Gasteiger partial charge in [0.05, 0.1) is 0 Å². The minimum atomic E-state index is -0.514. The first-order chi connectivity index (χ1) is 2.71. The Bertz CT molecular complexity index is 83.5. The highest BCUT2D eigenvalue weighted by Crippen LogP contribution is 2.34. The Hall–Kier alpha value is 0.320. The van der Waals surface area contributed by atoms with E-state index in [4.69, 9.17) is 23.2 Å². The zero-order chi connectivity index (χ0) is 4.62. The average molecular weight is 123 g/mol. The van der Waals surface area contributed by atoms with Gasteiger partial charge < -0.3 is 0 Å². The second kappa shape index (κ2) is 1.14. The Balaban J connectivity index is 2.57. The molecule has 0 spiro atoms. The molecule has 0 N–H and O–H groups in total. The summed E-state index contributed by atoms with van der Waals surface area (Å²) in [5, 5.41) is 0. The molecule has 34 valence electrons. The fourth-order valence-corrected chi connectivity index (χ4v) is 0.652. The molecule has 1 rings (SSSR count). The summed E-state index contributed by atoms with van der Waals surface area (Å²) in [4.78, 5) is 0. The quantitative estimate of drug-likeness (QED) is 0.341. The van der Waals surface area contributed by atoms with Gasteiger partial charge in [-0.2, -0.15) is 0 Å². The van der Waals surface area contributed by atoms with Crippen molar-refractivity contribution in [3.63, 3.8) is 0 Å². The predicted molar refractivity (Wildman–Crippen MR) is 28.2 cm³/mol. The summed E-state index contributed by atoms with van der Waals surface area (Å²) in [6.07, 6.45) is 4.52. The van der Waals surface area contributed by atoms with E-state index in [1.54, 1.807) is 6.08 Å². The molecule has 0 saturated heterocycles. The van der Waals surface area contributed by atoms with Crippen molar-refractivity contribution in [1.29, 1.82) is 0 Å². The molecule has 0 aliphatic heterocycles. The standard InChI is InChI=1S/C4H4Cl2/c5-4(6)2-1-3-4/h1-2H,3H2. The maximum Gasteiger partial charge on any atom is 0.139 e. The van der Waals surface area contributed by atoms with Crippen molar-refractivity contribution >= 4 is 23.2 Å². The second-order valence-corrected chi connectivity index (χ2v) is 2.91. The fraction of sp³-hybridized carbons (Fsp3) is 0.500. The lowest BCUT2D eigenvalue weighted by Gasteiger charge is -2.18. The fourth-order valence-electron chi connectivity index (χ4n) is 0.296. The van der Waals surface area contributed by atoms with Crippen LogP contribution in [0.25, 0.3) is 0 Å². The number of hydrogen-bond acceptors (Lipinski definition) is 0. The molecule has 2 heteroatoms. The second-order valence-electron chi connectivity index (χ2n) is 1.37. The van der Waals surface area contributed by atoms with Gasteiger partial charge in [-0.05, 0) is 0 Å². The molecule has 0 saturated carbocycles. The van der Waals surface area contributed by atoms with Gasteiger partial charge in [-0.1, -0.05) is 35.4 Å². The lowest BCUT2D eigenvalue weighted by Crippen LogP contribution is -2.13. The van der Waals surface area contributed by atoms with E-state index in [9.17, 15) is 0 Å². The van der Waals surface area contributed by atoms with Crippen LogP contribution in [0.1, 0.15) is 6.42 Å². The van der Waals surface area contributed by atoms with E-state index < -0.39 is 4.33 Å². The summed E-state index contributed by atoms with van der Waals surface area (Å²) in [5.74, 6) is 0. The smallest absolute Gasteiger partial charge is 0.0966 e. The van der Waals surface area contributed by atoms with Crippen LogP contribution in [0.4, 0.5) is 0 Å². The first-order valence-corrected chi connectivity index (χ1v) is 2.52. The van der Waals surface area contributed by atoms with E-state index in [2.05, 4.69) is 0 Å². The third-order valence-electron chi connectivity index (χ3n) is 0.752. The highest BCUT2D eigenvalue weighted by Gasteiger charge is 2.23. The molecule has 0 radical (unpaired) electrons. The monoisotopic (exact) mass is 122 g/mol. The molecule has 0 aromatic rings. The highest BCUT2D eigenvalue weighted by molar-refractivity contribution is 6.50. The van der Waals surface area contributed by atoms with Crippen LogP contribution in [-0.2, 0) is 0 Å². The van der Waals surface area contributed by atoms with Gasteiger partial charge in [0.1, 0.15) is 4.33 Å². The van der Waals surface area contributed by atoms with Crippen molar-refractivity contribution in [2.45, 2.75) is 10.8 Å². The Kier molecular flexibility index (Phi) is 0.853. The largest absolute Gasteiger partial charge is 0.139 e. The lowest BCUT2D eigenvalue weighted by molar-refractivity contribution is 0.891. The third-order valence-corrected chi connectivity index (χ3v) is 1.31. The molecule has 0 atom stereocenters. The summed E-state index contributed by atoms with van der Waals surface area (Å²) in [7, 11) is 0. The van der Waals surface area contributed by atoms with Crippen LogP contribution >= 0.6 is 23.2 Å². The van der Waals surface area contributed by atoms with Gasteiger partial charge in [0, 0.05) is 6.42 Å². The third kappa shape index (κ3) is 0.688. The van der Waals surface area contributed by atoms with Crippen LogP contribution in [0.5, 0.6) is 0 Å². The molecule has 1 aliphatic rings. The Morgan fingerprint density at radius 2 is 1.83 bits per heavy atom. The van der Waals surface area contributed by atoms with E-state index in [0.29, 0.717) is 0 Å². The number of alkyl halides is 2. The van der Waals surface area contributed by atoms with Crippen molar-refractivity contribution in [3.05, 3.63) is 12.2 Å². The topological polar surface area (TPSA) is 0 Å². The molecule has 0 bridgehead atoms. The van der Waals surface area contributed by atoms with Crippen LogP contribution < -0.4 is 0 Å². The normalized spacial score (nSPS) is 26.3. The molecule has 0 heterocycles. The summed E-state index contributed by atoms with van der Waals surface area (Å²) < 4.78 is -0.514. The molecule has 0 fully saturated rings. The van der Waals surface area contributed by atoms with Crippen LogP contribution in [0.2, 0.25) is 0 Å². The minimum Gasteiger partial charge on any atom is -0.0966 e. The minimum absolute atomic E-state index is 0.514. The van der Waals surface area contributed by atoms with E-state index >= 15 is 0 Å². The summed E-state index contributed by atoms with van der Waals surface area (Å²) in [6.45, 7) is 0. The summed E-state index contributed by atoms with van der Waals surface area (Å²) in [5.41, 5.74) is 0. The van der Waals surface area contributed by atoms with Gasteiger partial charge >= 0.3 is 0 Å². The molecule has 0 amide bonds. The van der Waals surface area contributed by atoms with E-state index in [1.807, 2.05) is 6.08 Å². The van der Waals surface area contributed by atoms with Crippen molar-refractivity contribution in [2.24, 2.45) is 0 Å². The molecular weight excluding hydrogens is 119 g/mol. The number of allylic oxidation sites excluding steroid dienone is 2. The predicted octanol–water partition coefficient (Wildman–Crippen LogP) is 2.12. The van der Waals surface area contributed by atoms with Crippen molar-refractivity contribution in [3.8, 4) is 0 Å². The first-order valence-electron chi connectivity index (χ1n) is 1.76. The average Bonchev–Trinajstić information content (AvgIpc) is 1.32. The van der Waals surface area contributed by atoms with Gasteiger partial charge in [-0.25, -0.2) is 0 Å². The van der Waals surface area contributed by atoms with Gasteiger partial charge in [0.2, 0.25) is 0 Å². The van der Waals surface area contributed by atoms with Crippen LogP contribution in [0, 0.1) is 0 Å². The van der Waals surface area contributed by atoms with E-state index in [-0.39, 0.29) is 0 Å². The van der Waals surface area contributed by atoms with E-state index in [1.165, 1.54) is 0 Å². The van der Waals surface area contributed by atoms with Crippen LogP contribution in [0.3, 0.4) is 0 Å². The molecule has 0 aromatic carbocycles. The molecule has 1 aliphatic carbocycles. The van der Waals surface area contributed by atoms with Crippen LogP contribution in [0.15, 0.2) is 12.2 Å². The molecular formula is C4H4Cl2. The summed E-state index contributed by atoms with van der Waals surface area (Å²) in [6, 6.07) is 0. The number of hydrogen-bond donors (Lipinski definition) is 0. The van der Waals surface area contributed by atoms with Crippen molar-refractivity contribution in [2.75, 3.05) is 0 Å². The lowest BCUT2D eigenvalue weighted by atomic mass is 10.1. The Labute approximate surface area is 46.7 Å².